The van der Waals surface area contributed by atoms with E-state index < -0.39 is 0 Å². The minimum absolute atomic E-state index is 0.355. The van der Waals surface area contributed by atoms with Gasteiger partial charge in [0.15, 0.2) is 0 Å². The summed E-state index contributed by atoms with van der Waals surface area (Å²) in [5, 5.41) is 0. The SMILES string of the molecule is CC(C)CN(C)CC1CN(CCCNN)CCO1. The molecule has 1 fully saturated rings. The molecule has 0 saturated carbocycles. The van der Waals surface area contributed by atoms with E-state index in [1.807, 2.05) is 0 Å². The smallest absolute Gasteiger partial charge is 0.0829 e. The van der Waals surface area contributed by atoms with E-state index in [2.05, 4.69) is 36.1 Å². The van der Waals surface area contributed by atoms with Crippen LogP contribution in [0.15, 0.2) is 0 Å². The predicted molar refractivity (Wildman–Crippen MR) is 75.3 cm³/mol. The fraction of sp³-hybridized carbons (Fsp3) is 1.00. The fourth-order valence-corrected chi connectivity index (χ4v) is 2.54. The lowest BCUT2D eigenvalue weighted by Gasteiger charge is -2.35. The summed E-state index contributed by atoms with van der Waals surface area (Å²) in [6.07, 6.45) is 1.46. The molecular formula is C13H30N4O. The van der Waals surface area contributed by atoms with Gasteiger partial charge in [-0.15, -0.1) is 0 Å². The normalized spacial score (nSPS) is 22.0. The number of nitrogens with two attached hydrogens (primary N) is 1. The molecule has 0 spiro atoms. The van der Waals surface area contributed by atoms with Gasteiger partial charge in [-0.25, -0.2) is 0 Å². The molecule has 18 heavy (non-hydrogen) atoms. The summed E-state index contributed by atoms with van der Waals surface area (Å²) in [7, 11) is 2.18. The summed E-state index contributed by atoms with van der Waals surface area (Å²) in [5.41, 5.74) is 2.71. The first kappa shape index (κ1) is 15.9. The summed E-state index contributed by atoms with van der Waals surface area (Å²) in [6, 6.07) is 0. The van der Waals surface area contributed by atoms with Crippen molar-refractivity contribution in [1.29, 1.82) is 0 Å². The van der Waals surface area contributed by atoms with Gasteiger partial charge in [0, 0.05) is 32.7 Å². The molecule has 5 nitrogen and oxygen atoms in total. The van der Waals surface area contributed by atoms with Crippen LogP contribution in [0.4, 0.5) is 0 Å². The Balaban J connectivity index is 2.21. The van der Waals surface area contributed by atoms with Crippen molar-refractivity contribution in [2.45, 2.75) is 26.4 Å². The van der Waals surface area contributed by atoms with E-state index in [1.165, 1.54) is 0 Å². The minimum atomic E-state index is 0.355. The monoisotopic (exact) mass is 258 g/mol. The minimum Gasteiger partial charge on any atom is -0.374 e. The molecule has 1 unspecified atom stereocenters. The number of morpholine rings is 1. The van der Waals surface area contributed by atoms with Gasteiger partial charge in [-0.1, -0.05) is 13.8 Å². The molecule has 0 aromatic rings. The molecule has 1 rings (SSSR count). The molecule has 0 bridgehead atoms. The summed E-state index contributed by atoms with van der Waals surface area (Å²) < 4.78 is 5.84. The molecule has 0 amide bonds. The van der Waals surface area contributed by atoms with Crippen LogP contribution in [0.25, 0.3) is 0 Å². The molecule has 1 atom stereocenters. The Labute approximate surface area is 112 Å². The van der Waals surface area contributed by atoms with Crippen LogP contribution in [0.2, 0.25) is 0 Å². The van der Waals surface area contributed by atoms with E-state index >= 15 is 0 Å². The maximum atomic E-state index is 5.84. The zero-order valence-corrected chi connectivity index (χ0v) is 12.2. The number of hydrogen-bond acceptors (Lipinski definition) is 5. The van der Waals surface area contributed by atoms with Gasteiger partial charge in [0.05, 0.1) is 12.7 Å². The predicted octanol–water partition coefficient (Wildman–Crippen LogP) is 0.128. The Kier molecular flexibility index (Phi) is 7.77. The Morgan fingerprint density at radius 3 is 2.94 bits per heavy atom. The lowest BCUT2D eigenvalue weighted by Crippen LogP contribution is -2.47. The van der Waals surface area contributed by atoms with Crippen LogP contribution in [0, 0.1) is 5.92 Å². The van der Waals surface area contributed by atoms with Gasteiger partial charge in [0.2, 0.25) is 0 Å². The molecule has 108 valence electrons. The van der Waals surface area contributed by atoms with Gasteiger partial charge >= 0.3 is 0 Å². The topological polar surface area (TPSA) is 53.8 Å². The van der Waals surface area contributed by atoms with Crippen molar-refractivity contribution in [3.8, 4) is 0 Å². The van der Waals surface area contributed by atoms with Crippen LogP contribution in [0.1, 0.15) is 20.3 Å². The molecule has 0 radical (unpaired) electrons. The number of hydrazine groups is 1. The molecule has 1 aliphatic rings. The van der Waals surface area contributed by atoms with Gasteiger partial charge in [0.25, 0.3) is 0 Å². The van der Waals surface area contributed by atoms with E-state index in [1.54, 1.807) is 0 Å². The standard InChI is InChI=1S/C13H30N4O/c1-12(2)9-16(3)10-13-11-17(7-8-18-13)6-4-5-15-14/h12-13,15H,4-11,14H2,1-3H3. The first-order valence-electron chi connectivity index (χ1n) is 7.07. The zero-order chi connectivity index (χ0) is 13.4. The number of nitrogens with one attached hydrogen (secondary N) is 1. The molecule has 1 aliphatic heterocycles. The average molecular weight is 258 g/mol. The molecule has 1 saturated heterocycles. The third-order valence-corrected chi connectivity index (χ3v) is 3.21. The summed E-state index contributed by atoms with van der Waals surface area (Å²) in [6.45, 7) is 11.6. The third-order valence-electron chi connectivity index (χ3n) is 3.21. The highest BCUT2D eigenvalue weighted by molar-refractivity contribution is 4.74. The van der Waals surface area contributed by atoms with E-state index in [0.717, 1.165) is 52.3 Å². The summed E-state index contributed by atoms with van der Waals surface area (Å²) >= 11 is 0. The highest BCUT2D eigenvalue weighted by Gasteiger charge is 2.21. The van der Waals surface area contributed by atoms with E-state index in [0.29, 0.717) is 12.0 Å². The van der Waals surface area contributed by atoms with Crippen molar-refractivity contribution in [1.82, 2.24) is 15.2 Å². The van der Waals surface area contributed by atoms with Crippen molar-refractivity contribution in [3.05, 3.63) is 0 Å². The largest absolute Gasteiger partial charge is 0.374 e. The van der Waals surface area contributed by atoms with Crippen LogP contribution in [0.5, 0.6) is 0 Å². The lowest BCUT2D eigenvalue weighted by atomic mass is 10.2. The molecule has 0 aromatic carbocycles. The fourth-order valence-electron chi connectivity index (χ4n) is 2.54. The van der Waals surface area contributed by atoms with Crippen LogP contribution in [-0.4, -0.2) is 68.8 Å². The average Bonchev–Trinajstić information content (AvgIpc) is 2.28. The Morgan fingerprint density at radius 2 is 2.28 bits per heavy atom. The highest BCUT2D eigenvalue weighted by Crippen LogP contribution is 2.08. The second-order valence-corrected chi connectivity index (χ2v) is 5.72. The second kappa shape index (κ2) is 8.82. The van der Waals surface area contributed by atoms with Crippen LogP contribution in [0.3, 0.4) is 0 Å². The van der Waals surface area contributed by atoms with Gasteiger partial charge in [0.1, 0.15) is 0 Å². The summed E-state index contributed by atoms with van der Waals surface area (Å²) in [5.74, 6) is 6.00. The quantitative estimate of drug-likeness (QED) is 0.368. The molecule has 5 heteroatoms. The van der Waals surface area contributed by atoms with Gasteiger partial charge in [-0.05, 0) is 25.9 Å². The van der Waals surface area contributed by atoms with Crippen molar-refractivity contribution in [3.63, 3.8) is 0 Å². The first-order chi connectivity index (χ1) is 8.61. The van der Waals surface area contributed by atoms with E-state index in [4.69, 9.17) is 10.6 Å². The Hall–Kier alpha value is -0.200. The number of hydrogen-bond donors (Lipinski definition) is 2. The molecule has 1 heterocycles. The zero-order valence-electron chi connectivity index (χ0n) is 12.2. The Morgan fingerprint density at radius 1 is 1.50 bits per heavy atom. The van der Waals surface area contributed by atoms with Crippen molar-refractivity contribution in [2.75, 3.05) is 52.9 Å². The van der Waals surface area contributed by atoms with E-state index in [-0.39, 0.29) is 0 Å². The molecule has 3 N–H and O–H groups in total. The molecule has 0 aromatic heterocycles. The number of likely N-dealkylation sites (N-methyl/N-ethyl adjacent to an activating group) is 1. The van der Waals surface area contributed by atoms with E-state index in [9.17, 15) is 0 Å². The molecule has 0 aliphatic carbocycles. The number of nitrogens with zero attached hydrogens (tertiary/aromatic N) is 2. The van der Waals surface area contributed by atoms with Gasteiger partial charge in [-0.3, -0.25) is 16.2 Å². The van der Waals surface area contributed by atoms with Gasteiger partial charge < -0.3 is 9.64 Å². The number of ether oxygens (including phenoxy) is 1. The second-order valence-electron chi connectivity index (χ2n) is 5.72. The maximum absolute atomic E-state index is 5.84. The van der Waals surface area contributed by atoms with Crippen molar-refractivity contribution >= 4 is 0 Å². The number of rotatable bonds is 8. The molecular weight excluding hydrogens is 228 g/mol. The van der Waals surface area contributed by atoms with Crippen LogP contribution in [-0.2, 0) is 4.74 Å². The third kappa shape index (κ3) is 6.66. The van der Waals surface area contributed by atoms with Crippen molar-refractivity contribution in [2.24, 2.45) is 11.8 Å². The Bertz CT molecular complexity index is 213. The van der Waals surface area contributed by atoms with Crippen molar-refractivity contribution < 1.29 is 4.74 Å². The highest BCUT2D eigenvalue weighted by atomic mass is 16.5. The van der Waals surface area contributed by atoms with Gasteiger partial charge in [-0.2, -0.15) is 0 Å². The maximum Gasteiger partial charge on any atom is 0.0829 e. The van der Waals surface area contributed by atoms with Crippen LogP contribution >= 0.6 is 0 Å². The summed E-state index contributed by atoms with van der Waals surface area (Å²) in [4.78, 5) is 4.86. The lowest BCUT2D eigenvalue weighted by molar-refractivity contribution is -0.0414. The van der Waals surface area contributed by atoms with Crippen LogP contribution < -0.4 is 11.3 Å². The first-order valence-corrected chi connectivity index (χ1v) is 7.07.